The summed E-state index contributed by atoms with van der Waals surface area (Å²) >= 11 is 0. The lowest BCUT2D eigenvalue weighted by molar-refractivity contribution is -0.131. The number of aryl methyl sites for hydroxylation is 2. The van der Waals surface area contributed by atoms with E-state index in [1.54, 1.807) is 16.8 Å². The van der Waals surface area contributed by atoms with Gasteiger partial charge in [-0.2, -0.15) is 5.10 Å². The summed E-state index contributed by atoms with van der Waals surface area (Å²) in [6.45, 7) is 9.39. The number of unbranched alkanes of at least 4 members (excludes halogenated alkanes) is 4. The van der Waals surface area contributed by atoms with Crippen LogP contribution < -0.4 is 4.90 Å². The Bertz CT molecular complexity index is 1160. The molecule has 3 aromatic rings. The Balaban J connectivity index is 1.62. The zero-order chi connectivity index (χ0) is 25.5. The van der Waals surface area contributed by atoms with Gasteiger partial charge in [-0.1, -0.05) is 39.5 Å². The molecule has 1 aliphatic rings. The Kier molecular flexibility index (Phi) is 8.88. The fourth-order valence-electron chi connectivity index (χ4n) is 4.88. The second-order valence-electron chi connectivity index (χ2n) is 9.77. The molecule has 3 heterocycles. The molecular weight excluding hydrogens is 455 g/mol. The van der Waals surface area contributed by atoms with Crippen molar-refractivity contribution in [3.8, 4) is 5.69 Å². The maximum absolute atomic E-state index is 13.6. The van der Waals surface area contributed by atoms with E-state index in [0.29, 0.717) is 13.0 Å². The minimum atomic E-state index is -0.278. The van der Waals surface area contributed by atoms with Crippen molar-refractivity contribution in [3.05, 3.63) is 41.6 Å². The Hall–Kier alpha value is -3.03. The maximum Gasteiger partial charge on any atom is 0.222 e. The number of amides is 1. The Labute approximate surface area is 213 Å². The van der Waals surface area contributed by atoms with Crippen molar-refractivity contribution in [1.29, 1.82) is 0 Å². The first-order valence-electron chi connectivity index (χ1n) is 13.6. The second-order valence-corrected chi connectivity index (χ2v) is 9.77. The van der Waals surface area contributed by atoms with Gasteiger partial charge in [-0.15, -0.1) is 0 Å². The summed E-state index contributed by atoms with van der Waals surface area (Å²) < 4.78 is 15.4. The van der Waals surface area contributed by atoms with E-state index in [2.05, 4.69) is 18.7 Å². The number of nitrogens with zero attached hydrogens (tertiary/aromatic N) is 6. The lowest BCUT2D eigenvalue weighted by atomic mass is 10.1. The first-order valence-corrected chi connectivity index (χ1v) is 13.6. The molecule has 1 aromatic carbocycles. The maximum atomic E-state index is 13.6. The van der Waals surface area contributed by atoms with Crippen molar-refractivity contribution in [2.24, 2.45) is 0 Å². The van der Waals surface area contributed by atoms with Gasteiger partial charge in [-0.3, -0.25) is 4.79 Å². The van der Waals surface area contributed by atoms with Gasteiger partial charge in [0.05, 0.1) is 16.8 Å². The van der Waals surface area contributed by atoms with E-state index in [1.807, 2.05) is 11.8 Å². The van der Waals surface area contributed by atoms with E-state index in [4.69, 9.17) is 15.1 Å². The van der Waals surface area contributed by atoms with Gasteiger partial charge >= 0.3 is 0 Å². The highest BCUT2D eigenvalue weighted by Crippen LogP contribution is 2.30. The number of anilines is 1. The lowest BCUT2D eigenvalue weighted by Gasteiger charge is -2.24. The average Bonchev–Trinajstić information content (AvgIpc) is 3.05. The Morgan fingerprint density at radius 2 is 1.72 bits per heavy atom. The Morgan fingerprint density at radius 1 is 0.944 bits per heavy atom. The minimum absolute atomic E-state index is 0.268. The van der Waals surface area contributed by atoms with Crippen LogP contribution in [0.15, 0.2) is 24.3 Å². The monoisotopic (exact) mass is 494 g/mol. The van der Waals surface area contributed by atoms with Crippen LogP contribution in [-0.2, 0) is 11.2 Å². The molecule has 0 N–H and O–H groups in total. The minimum Gasteiger partial charge on any atom is -0.354 e. The molecule has 0 aliphatic carbocycles. The van der Waals surface area contributed by atoms with Crippen LogP contribution in [0, 0.1) is 12.7 Å². The highest BCUT2D eigenvalue weighted by Gasteiger charge is 2.25. The van der Waals surface area contributed by atoms with Crippen molar-refractivity contribution in [2.75, 3.05) is 31.1 Å². The predicted octanol–water partition coefficient (Wildman–Crippen LogP) is 5.61. The first-order chi connectivity index (χ1) is 17.5. The van der Waals surface area contributed by atoms with Crippen LogP contribution in [0.5, 0.6) is 0 Å². The van der Waals surface area contributed by atoms with E-state index >= 15 is 0 Å². The average molecular weight is 495 g/mol. The second kappa shape index (κ2) is 12.3. The summed E-state index contributed by atoms with van der Waals surface area (Å²) in [4.78, 5) is 27.1. The van der Waals surface area contributed by atoms with Crippen LogP contribution in [0.4, 0.5) is 10.2 Å². The third-order valence-corrected chi connectivity index (χ3v) is 6.95. The molecule has 4 rings (SSSR count). The van der Waals surface area contributed by atoms with E-state index in [-0.39, 0.29) is 11.7 Å². The van der Waals surface area contributed by atoms with Crippen LogP contribution in [0.1, 0.15) is 76.7 Å². The molecule has 194 valence electrons. The van der Waals surface area contributed by atoms with Crippen molar-refractivity contribution < 1.29 is 9.18 Å². The van der Waals surface area contributed by atoms with Gasteiger partial charge in [0, 0.05) is 39.0 Å². The molecule has 0 atom stereocenters. The molecule has 0 spiro atoms. The molecule has 1 saturated heterocycles. The number of benzene rings is 1. The molecule has 0 radical (unpaired) electrons. The fraction of sp³-hybridized carbons (Fsp3) is 0.571. The van der Waals surface area contributed by atoms with Crippen LogP contribution >= 0.6 is 0 Å². The van der Waals surface area contributed by atoms with Gasteiger partial charge in [0.1, 0.15) is 17.5 Å². The van der Waals surface area contributed by atoms with Crippen LogP contribution in [0.2, 0.25) is 0 Å². The third kappa shape index (κ3) is 6.02. The summed E-state index contributed by atoms with van der Waals surface area (Å²) in [7, 11) is 0. The molecule has 8 heteroatoms. The zero-order valence-corrected chi connectivity index (χ0v) is 22.0. The molecule has 0 bridgehead atoms. The van der Waals surface area contributed by atoms with Gasteiger partial charge in [-0.05, 0) is 50.5 Å². The zero-order valence-electron chi connectivity index (χ0n) is 22.0. The summed E-state index contributed by atoms with van der Waals surface area (Å²) in [5, 5.41) is 5.71. The largest absolute Gasteiger partial charge is 0.354 e. The molecule has 1 aliphatic heterocycles. The summed E-state index contributed by atoms with van der Waals surface area (Å²) in [6.07, 6.45) is 8.88. The van der Waals surface area contributed by atoms with E-state index in [1.165, 1.54) is 25.0 Å². The topological polar surface area (TPSA) is 67.2 Å². The van der Waals surface area contributed by atoms with Gasteiger partial charge < -0.3 is 9.80 Å². The van der Waals surface area contributed by atoms with Crippen LogP contribution in [-0.4, -0.2) is 56.7 Å². The molecule has 0 unspecified atom stereocenters. The fourth-order valence-corrected chi connectivity index (χ4v) is 4.88. The molecule has 1 amide bonds. The number of rotatable bonds is 10. The highest BCUT2D eigenvalue weighted by atomic mass is 19.1. The molecule has 0 saturated carbocycles. The highest BCUT2D eigenvalue weighted by molar-refractivity contribution is 5.91. The quantitative estimate of drug-likeness (QED) is 0.343. The molecule has 2 aromatic heterocycles. The smallest absolute Gasteiger partial charge is 0.222 e. The number of fused-ring (bicyclic) bond motifs is 1. The van der Waals surface area contributed by atoms with Crippen molar-refractivity contribution in [3.63, 3.8) is 0 Å². The van der Waals surface area contributed by atoms with Gasteiger partial charge in [-0.25, -0.2) is 19.0 Å². The lowest BCUT2D eigenvalue weighted by Crippen LogP contribution is -2.35. The van der Waals surface area contributed by atoms with Crippen LogP contribution in [0.25, 0.3) is 16.7 Å². The number of carbonyl (C=O) groups excluding carboxylic acids is 1. The molecule has 7 nitrogen and oxygen atoms in total. The van der Waals surface area contributed by atoms with E-state index in [0.717, 1.165) is 92.2 Å². The number of aromatic nitrogens is 4. The SMILES string of the molecule is CCCCCCC(=O)N1CCCN(c2nc(CCCC)nc3c2c(C)nn3-c2ccc(F)cc2)CC1. The number of halogens is 1. The third-order valence-electron chi connectivity index (χ3n) is 6.95. The summed E-state index contributed by atoms with van der Waals surface area (Å²) in [6, 6.07) is 6.34. The summed E-state index contributed by atoms with van der Waals surface area (Å²) in [5.74, 6) is 1.69. The Morgan fingerprint density at radius 3 is 2.47 bits per heavy atom. The van der Waals surface area contributed by atoms with Gasteiger partial charge in [0.15, 0.2) is 5.65 Å². The van der Waals surface area contributed by atoms with E-state index in [9.17, 15) is 9.18 Å². The van der Waals surface area contributed by atoms with Gasteiger partial charge in [0.25, 0.3) is 0 Å². The van der Waals surface area contributed by atoms with Crippen molar-refractivity contribution >= 4 is 22.8 Å². The van der Waals surface area contributed by atoms with Crippen LogP contribution in [0.3, 0.4) is 0 Å². The van der Waals surface area contributed by atoms with Crippen molar-refractivity contribution in [2.45, 2.75) is 78.6 Å². The number of hydrogen-bond donors (Lipinski definition) is 0. The molecule has 36 heavy (non-hydrogen) atoms. The van der Waals surface area contributed by atoms with Gasteiger partial charge in [0.2, 0.25) is 5.91 Å². The normalized spacial score (nSPS) is 14.4. The summed E-state index contributed by atoms with van der Waals surface area (Å²) in [5.41, 5.74) is 2.37. The van der Waals surface area contributed by atoms with Crippen molar-refractivity contribution in [1.82, 2.24) is 24.6 Å². The number of hydrogen-bond acceptors (Lipinski definition) is 5. The number of carbonyl (C=O) groups is 1. The first kappa shape index (κ1) is 26.0. The molecular formula is C28H39FN6O. The predicted molar refractivity (Wildman–Crippen MR) is 142 cm³/mol. The van der Waals surface area contributed by atoms with E-state index < -0.39 is 0 Å². The molecule has 1 fully saturated rings. The standard InChI is InChI=1S/C28H39FN6O/c1-4-6-8-9-12-25(36)33-17-10-18-34(20-19-33)27-26-21(3)32-35(23-15-13-22(29)14-16-23)28(26)31-24(30-27)11-7-5-2/h13-16H,4-12,17-20H2,1-3H3.